The summed E-state index contributed by atoms with van der Waals surface area (Å²) in [6.45, 7) is 4.77. The molecule has 4 atom stereocenters. The topological polar surface area (TPSA) is 54.0 Å². The van der Waals surface area contributed by atoms with E-state index in [9.17, 15) is 4.79 Å². The molecule has 0 bridgehead atoms. The Kier molecular flexibility index (Phi) is 3.70. The molecule has 2 saturated heterocycles. The van der Waals surface area contributed by atoms with Gasteiger partial charge in [0.25, 0.3) is 0 Å². The minimum Gasteiger partial charge on any atom is -0.457 e. The van der Waals surface area contributed by atoms with Gasteiger partial charge in [0.05, 0.1) is 13.2 Å². The van der Waals surface area contributed by atoms with Crippen molar-refractivity contribution in [2.45, 2.75) is 50.6 Å². The summed E-state index contributed by atoms with van der Waals surface area (Å²) >= 11 is 0. The Morgan fingerprint density at radius 1 is 1.47 bits per heavy atom. The van der Waals surface area contributed by atoms with Crippen molar-refractivity contribution in [1.82, 2.24) is 0 Å². The van der Waals surface area contributed by atoms with E-state index in [1.54, 1.807) is 7.11 Å². The maximum atomic E-state index is 11.5. The first-order chi connectivity index (χ1) is 8.10. The third-order valence-corrected chi connectivity index (χ3v) is 3.47. The van der Waals surface area contributed by atoms with Gasteiger partial charge in [-0.05, 0) is 13.3 Å². The lowest BCUT2D eigenvalue weighted by atomic mass is 9.98. The van der Waals surface area contributed by atoms with Crippen molar-refractivity contribution in [3.05, 3.63) is 0 Å². The average molecular weight is 244 g/mol. The van der Waals surface area contributed by atoms with Gasteiger partial charge in [0.2, 0.25) is 0 Å². The molecule has 0 radical (unpaired) electrons. The molecule has 0 amide bonds. The van der Waals surface area contributed by atoms with Gasteiger partial charge in [-0.15, -0.1) is 0 Å². The number of ether oxygens (including phenoxy) is 4. The first kappa shape index (κ1) is 12.8. The molecule has 0 spiro atoms. The van der Waals surface area contributed by atoms with Crippen LogP contribution in [0.4, 0.5) is 0 Å². The molecular weight excluding hydrogens is 224 g/mol. The molecule has 2 aliphatic heterocycles. The van der Waals surface area contributed by atoms with E-state index in [4.69, 9.17) is 18.9 Å². The summed E-state index contributed by atoms with van der Waals surface area (Å²) in [6.07, 6.45) is 0.593. The van der Waals surface area contributed by atoms with Crippen LogP contribution in [0.1, 0.15) is 26.7 Å². The van der Waals surface area contributed by atoms with Gasteiger partial charge in [-0.25, -0.2) is 0 Å². The highest BCUT2D eigenvalue weighted by Gasteiger charge is 2.55. The van der Waals surface area contributed by atoms with Gasteiger partial charge < -0.3 is 18.9 Å². The Balaban J connectivity index is 1.95. The van der Waals surface area contributed by atoms with Crippen molar-refractivity contribution in [3.63, 3.8) is 0 Å². The number of hydrogen-bond acceptors (Lipinski definition) is 5. The predicted octanol–water partition coefficient (Wildman–Crippen LogP) is 0.901. The molecule has 0 saturated carbocycles. The standard InChI is InChI=1S/C12H20O5/c1-4-5-9(13)17-8-6-15-11-10(8)16-7-12(11,2)14-3/h8,10-11H,4-7H2,1-3H3/t8-,10-,11+,12+/m1/s1. The zero-order chi connectivity index (χ0) is 12.5. The van der Waals surface area contributed by atoms with E-state index in [0.29, 0.717) is 19.6 Å². The zero-order valence-electron chi connectivity index (χ0n) is 10.6. The van der Waals surface area contributed by atoms with Crippen LogP contribution in [-0.2, 0) is 23.7 Å². The van der Waals surface area contributed by atoms with Crippen LogP contribution in [-0.4, -0.2) is 50.2 Å². The minimum absolute atomic E-state index is 0.146. The fourth-order valence-electron chi connectivity index (χ4n) is 2.35. The van der Waals surface area contributed by atoms with E-state index in [0.717, 1.165) is 6.42 Å². The van der Waals surface area contributed by atoms with E-state index in [2.05, 4.69) is 0 Å². The normalized spacial score (nSPS) is 40.3. The highest BCUT2D eigenvalue weighted by Crippen LogP contribution is 2.37. The van der Waals surface area contributed by atoms with Crippen LogP contribution >= 0.6 is 0 Å². The molecule has 0 aromatic heterocycles. The van der Waals surface area contributed by atoms with Crippen molar-refractivity contribution in [3.8, 4) is 0 Å². The number of carbonyl (C=O) groups excluding carboxylic acids is 1. The molecule has 2 rings (SSSR count). The van der Waals surface area contributed by atoms with Gasteiger partial charge in [-0.1, -0.05) is 6.92 Å². The fourth-order valence-corrected chi connectivity index (χ4v) is 2.35. The molecule has 0 N–H and O–H groups in total. The molecule has 5 heteroatoms. The largest absolute Gasteiger partial charge is 0.457 e. The number of hydrogen-bond donors (Lipinski definition) is 0. The lowest BCUT2D eigenvalue weighted by Crippen LogP contribution is -2.43. The monoisotopic (exact) mass is 244 g/mol. The van der Waals surface area contributed by atoms with Crippen LogP contribution in [0.3, 0.4) is 0 Å². The number of carbonyl (C=O) groups is 1. The van der Waals surface area contributed by atoms with Crippen LogP contribution in [0.2, 0.25) is 0 Å². The summed E-state index contributed by atoms with van der Waals surface area (Å²) in [7, 11) is 1.64. The summed E-state index contributed by atoms with van der Waals surface area (Å²) in [5, 5.41) is 0. The Bertz CT molecular complexity index is 293. The second-order valence-corrected chi connectivity index (χ2v) is 4.82. The first-order valence-electron chi connectivity index (χ1n) is 6.08. The first-order valence-corrected chi connectivity index (χ1v) is 6.08. The molecule has 0 aromatic rings. The maximum Gasteiger partial charge on any atom is 0.306 e. The van der Waals surface area contributed by atoms with E-state index in [1.807, 2.05) is 13.8 Å². The highest BCUT2D eigenvalue weighted by atomic mass is 16.7. The Hall–Kier alpha value is -0.650. The fraction of sp³-hybridized carbons (Fsp3) is 0.917. The van der Waals surface area contributed by atoms with Gasteiger partial charge in [-0.2, -0.15) is 0 Å². The summed E-state index contributed by atoms with van der Waals surface area (Å²) in [5.41, 5.74) is -0.434. The van der Waals surface area contributed by atoms with Crippen molar-refractivity contribution in [2.75, 3.05) is 20.3 Å². The van der Waals surface area contributed by atoms with E-state index >= 15 is 0 Å². The van der Waals surface area contributed by atoms with Crippen LogP contribution in [0, 0.1) is 0 Å². The van der Waals surface area contributed by atoms with Gasteiger partial charge in [0, 0.05) is 13.5 Å². The molecule has 5 nitrogen and oxygen atoms in total. The molecular formula is C12H20O5. The molecule has 0 unspecified atom stereocenters. The third kappa shape index (κ3) is 2.32. The van der Waals surface area contributed by atoms with Gasteiger partial charge in [-0.3, -0.25) is 4.79 Å². The smallest absolute Gasteiger partial charge is 0.306 e. The van der Waals surface area contributed by atoms with E-state index < -0.39 is 5.60 Å². The molecule has 17 heavy (non-hydrogen) atoms. The average Bonchev–Trinajstić information content (AvgIpc) is 2.83. The predicted molar refractivity (Wildman–Crippen MR) is 59.7 cm³/mol. The SMILES string of the molecule is CCCC(=O)O[C@@H]1CO[C@H]2[C@@H]1OC[C@]2(C)OC. The van der Waals surface area contributed by atoms with Crippen molar-refractivity contribution >= 4 is 5.97 Å². The van der Waals surface area contributed by atoms with Crippen molar-refractivity contribution in [2.24, 2.45) is 0 Å². The molecule has 0 aromatic carbocycles. The summed E-state index contributed by atoms with van der Waals surface area (Å²) in [5.74, 6) is -0.184. The highest BCUT2D eigenvalue weighted by molar-refractivity contribution is 5.69. The van der Waals surface area contributed by atoms with Gasteiger partial charge in [0.1, 0.15) is 17.8 Å². The van der Waals surface area contributed by atoms with Crippen LogP contribution in [0.15, 0.2) is 0 Å². The van der Waals surface area contributed by atoms with Crippen molar-refractivity contribution in [1.29, 1.82) is 0 Å². The van der Waals surface area contributed by atoms with Crippen LogP contribution < -0.4 is 0 Å². The molecule has 0 aliphatic carbocycles. The Morgan fingerprint density at radius 2 is 2.24 bits per heavy atom. The van der Waals surface area contributed by atoms with Crippen molar-refractivity contribution < 1.29 is 23.7 Å². The lowest BCUT2D eigenvalue weighted by Gasteiger charge is -2.26. The molecule has 98 valence electrons. The van der Waals surface area contributed by atoms with Gasteiger partial charge in [0.15, 0.2) is 6.10 Å². The number of fused-ring (bicyclic) bond motifs is 1. The number of esters is 1. The van der Waals surface area contributed by atoms with Gasteiger partial charge >= 0.3 is 5.97 Å². The lowest BCUT2D eigenvalue weighted by molar-refractivity contribution is -0.154. The number of methoxy groups -OCH3 is 1. The maximum absolute atomic E-state index is 11.5. The van der Waals surface area contributed by atoms with Crippen LogP contribution in [0.5, 0.6) is 0 Å². The summed E-state index contributed by atoms with van der Waals surface area (Å²) in [4.78, 5) is 11.5. The van der Waals surface area contributed by atoms with E-state index in [1.165, 1.54) is 0 Å². The quantitative estimate of drug-likeness (QED) is 0.688. The Morgan fingerprint density at radius 3 is 2.88 bits per heavy atom. The van der Waals surface area contributed by atoms with E-state index in [-0.39, 0.29) is 24.3 Å². The molecule has 2 heterocycles. The molecule has 2 fully saturated rings. The number of rotatable bonds is 4. The second kappa shape index (κ2) is 4.92. The Labute approximate surface area is 101 Å². The minimum atomic E-state index is -0.434. The zero-order valence-corrected chi connectivity index (χ0v) is 10.6. The third-order valence-electron chi connectivity index (χ3n) is 3.47. The second-order valence-electron chi connectivity index (χ2n) is 4.82. The van der Waals surface area contributed by atoms with Crippen LogP contribution in [0.25, 0.3) is 0 Å². The summed E-state index contributed by atoms with van der Waals surface area (Å²) in [6, 6.07) is 0. The molecule has 2 aliphatic rings. The summed E-state index contributed by atoms with van der Waals surface area (Å²) < 4.78 is 22.1.